The summed E-state index contributed by atoms with van der Waals surface area (Å²) in [6.07, 6.45) is 1.67. The van der Waals surface area contributed by atoms with Crippen molar-refractivity contribution in [2.75, 3.05) is 0 Å². The van der Waals surface area contributed by atoms with E-state index in [1.807, 2.05) is 19.1 Å². The van der Waals surface area contributed by atoms with E-state index >= 15 is 0 Å². The smallest absolute Gasteiger partial charge is 0.161 e. The maximum Gasteiger partial charge on any atom is 0.161 e. The third kappa shape index (κ3) is 1.73. The molecule has 3 rings (SSSR count). The maximum absolute atomic E-state index is 13.1. The second kappa shape index (κ2) is 3.87. The average Bonchev–Trinajstić information content (AvgIpc) is 2.73. The first kappa shape index (κ1) is 10.8. The Hall–Kier alpha value is -2.30. The average molecular weight is 245 g/mol. The van der Waals surface area contributed by atoms with Gasteiger partial charge in [0.2, 0.25) is 0 Å². The van der Waals surface area contributed by atoms with Crippen LogP contribution in [0.2, 0.25) is 0 Å². The third-order valence-electron chi connectivity index (χ3n) is 2.71. The number of H-pyrrole nitrogens is 1. The number of hydrogen-bond donors (Lipinski definition) is 1. The fraction of sp³-hybridized carbons (Fsp3) is 0.0769. The summed E-state index contributed by atoms with van der Waals surface area (Å²) in [4.78, 5) is 11.3. The number of aromatic nitrogens is 3. The van der Waals surface area contributed by atoms with Gasteiger partial charge in [-0.15, -0.1) is 0 Å². The summed E-state index contributed by atoms with van der Waals surface area (Å²) in [5.41, 5.74) is 2.53. The van der Waals surface area contributed by atoms with Crippen molar-refractivity contribution in [2.45, 2.75) is 6.92 Å². The molecule has 0 amide bonds. The molecule has 1 N–H and O–H groups in total. The minimum absolute atomic E-state index is 0.393. The highest BCUT2D eigenvalue weighted by atomic mass is 19.2. The lowest BCUT2D eigenvalue weighted by Gasteiger charge is -1.95. The number of aryl methyl sites for hydroxylation is 1. The molecule has 2 heterocycles. The highest BCUT2D eigenvalue weighted by Gasteiger charge is 2.09. The van der Waals surface area contributed by atoms with Gasteiger partial charge in [0, 0.05) is 29.6 Å². The molecule has 2 aromatic heterocycles. The molecule has 0 fully saturated rings. The highest BCUT2D eigenvalue weighted by molar-refractivity contribution is 5.79. The Morgan fingerprint density at radius 1 is 1.11 bits per heavy atom. The number of imidazole rings is 1. The minimum atomic E-state index is -0.900. The van der Waals surface area contributed by atoms with Gasteiger partial charge < -0.3 is 4.98 Å². The van der Waals surface area contributed by atoms with Crippen LogP contribution in [0.25, 0.3) is 22.4 Å². The Labute approximate surface area is 102 Å². The van der Waals surface area contributed by atoms with Gasteiger partial charge in [-0.2, -0.15) is 0 Å². The van der Waals surface area contributed by atoms with Crippen LogP contribution in [0.4, 0.5) is 8.78 Å². The molecular formula is C13H9F2N3. The van der Waals surface area contributed by atoms with Crippen LogP contribution in [-0.2, 0) is 0 Å². The second-order valence-corrected chi connectivity index (χ2v) is 4.06. The molecule has 1 aromatic carbocycles. The molecule has 0 atom stereocenters. The van der Waals surface area contributed by atoms with Crippen LogP contribution in [0, 0.1) is 18.6 Å². The van der Waals surface area contributed by atoms with E-state index in [1.54, 1.807) is 6.20 Å². The molecule has 0 aliphatic heterocycles. The minimum Gasteiger partial charge on any atom is -0.338 e. The van der Waals surface area contributed by atoms with Crippen LogP contribution < -0.4 is 0 Å². The lowest BCUT2D eigenvalue weighted by atomic mass is 10.2. The van der Waals surface area contributed by atoms with Gasteiger partial charge in [-0.1, -0.05) is 0 Å². The molecule has 0 radical (unpaired) electrons. The number of pyridine rings is 1. The molecule has 3 nitrogen and oxygen atoms in total. The van der Waals surface area contributed by atoms with Crippen molar-refractivity contribution >= 4 is 11.0 Å². The van der Waals surface area contributed by atoms with Gasteiger partial charge >= 0.3 is 0 Å². The molecule has 90 valence electrons. The van der Waals surface area contributed by atoms with Crippen molar-refractivity contribution in [1.29, 1.82) is 0 Å². The molecule has 0 saturated heterocycles. The van der Waals surface area contributed by atoms with E-state index in [-0.39, 0.29) is 0 Å². The molecule has 0 saturated carbocycles. The van der Waals surface area contributed by atoms with E-state index in [2.05, 4.69) is 15.0 Å². The number of rotatable bonds is 1. The van der Waals surface area contributed by atoms with E-state index in [4.69, 9.17) is 0 Å². The summed E-state index contributed by atoms with van der Waals surface area (Å²) < 4.78 is 26.2. The number of hydrogen-bond acceptors (Lipinski definition) is 2. The summed E-state index contributed by atoms with van der Waals surface area (Å²) in [5.74, 6) is -1.25. The van der Waals surface area contributed by atoms with E-state index < -0.39 is 11.6 Å². The number of nitrogens with zero attached hydrogens (tertiary/aromatic N) is 2. The fourth-order valence-electron chi connectivity index (χ4n) is 1.75. The quantitative estimate of drug-likeness (QED) is 0.715. The first-order valence-corrected chi connectivity index (χ1v) is 5.41. The van der Waals surface area contributed by atoms with Crippen LogP contribution in [0.1, 0.15) is 5.69 Å². The molecule has 5 heteroatoms. The van der Waals surface area contributed by atoms with E-state index in [1.165, 1.54) is 0 Å². The first-order chi connectivity index (χ1) is 8.63. The molecule has 18 heavy (non-hydrogen) atoms. The summed E-state index contributed by atoms with van der Waals surface area (Å²) >= 11 is 0. The molecule has 3 aromatic rings. The molecule has 0 bridgehead atoms. The molecule has 0 aliphatic rings. The fourth-order valence-corrected chi connectivity index (χ4v) is 1.75. The zero-order chi connectivity index (χ0) is 12.7. The highest BCUT2D eigenvalue weighted by Crippen LogP contribution is 2.21. The van der Waals surface area contributed by atoms with E-state index in [0.29, 0.717) is 16.9 Å². The van der Waals surface area contributed by atoms with Crippen LogP contribution >= 0.6 is 0 Å². The Kier molecular flexibility index (Phi) is 2.33. The van der Waals surface area contributed by atoms with Crippen molar-refractivity contribution in [3.05, 3.63) is 47.8 Å². The molecular weight excluding hydrogens is 236 g/mol. The van der Waals surface area contributed by atoms with Gasteiger partial charge in [0.25, 0.3) is 0 Å². The summed E-state index contributed by atoms with van der Waals surface area (Å²) in [5, 5.41) is 0. The Morgan fingerprint density at radius 3 is 2.61 bits per heavy atom. The Balaban J connectivity index is 2.16. The summed E-state index contributed by atoms with van der Waals surface area (Å²) in [7, 11) is 0. The first-order valence-electron chi connectivity index (χ1n) is 5.41. The van der Waals surface area contributed by atoms with Crippen LogP contribution in [0.3, 0.4) is 0 Å². The van der Waals surface area contributed by atoms with E-state index in [9.17, 15) is 8.78 Å². The van der Waals surface area contributed by atoms with Crippen LogP contribution in [0.15, 0.2) is 30.5 Å². The third-order valence-corrected chi connectivity index (χ3v) is 2.71. The van der Waals surface area contributed by atoms with Crippen molar-refractivity contribution in [1.82, 2.24) is 15.0 Å². The number of aromatic amines is 1. The van der Waals surface area contributed by atoms with Crippen molar-refractivity contribution < 1.29 is 8.78 Å². The molecule has 0 aliphatic carbocycles. The summed E-state index contributed by atoms with van der Waals surface area (Å²) in [6, 6.07) is 5.88. The van der Waals surface area contributed by atoms with Crippen LogP contribution in [0.5, 0.6) is 0 Å². The number of benzene rings is 1. The van der Waals surface area contributed by atoms with Gasteiger partial charge in [0.05, 0.1) is 11.0 Å². The van der Waals surface area contributed by atoms with Gasteiger partial charge in [0.1, 0.15) is 5.82 Å². The predicted octanol–water partition coefficient (Wildman–Crippen LogP) is 3.21. The maximum atomic E-state index is 13.1. The van der Waals surface area contributed by atoms with E-state index in [0.717, 1.165) is 23.4 Å². The topological polar surface area (TPSA) is 41.6 Å². The standard InChI is InChI=1S/C13H9F2N3/c1-7-2-3-8(6-16-7)13-17-11-4-9(14)10(15)5-12(11)18-13/h2-6H,1H3,(H,17,18). The van der Waals surface area contributed by atoms with Crippen LogP contribution in [-0.4, -0.2) is 15.0 Å². The lowest BCUT2D eigenvalue weighted by molar-refractivity contribution is 0.510. The number of nitrogens with one attached hydrogen (secondary N) is 1. The predicted molar refractivity (Wildman–Crippen MR) is 64.0 cm³/mol. The van der Waals surface area contributed by atoms with Gasteiger partial charge in [-0.25, -0.2) is 13.8 Å². The van der Waals surface area contributed by atoms with Crippen molar-refractivity contribution in [3.8, 4) is 11.4 Å². The monoisotopic (exact) mass is 245 g/mol. The number of halogens is 2. The van der Waals surface area contributed by atoms with Gasteiger partial charge in [0.15, 0.2) is 11.6 Å². The molecule has 0 spiro atoms. The SMILES string of the molecule is Cc1ccc(-c2nc3cc(F)c(F)cc3[nH]2)cn1. The normalized spacial score (nSPS) is 11.1. The molecule has 0 unspecified atom stereocenters. The van der Waals surface area contributed by atoms with Crippen molar-refractivity contribution in [3.63, 3.8) is 0 Å². The lowest BCUT2D eigenvalue weighted by Crippen LogP contribution is -1.84. The Morgan fingerprint density at radius 2 is 1.89 bits per heavy atom. The number of fused-ring (bicyclic) bond motifs is 1. The zero-order valence-electron chi connectivity index (χ0n) is 9.54. The van der Waals surface area contributed by atoms with Gasteiger partial charge in [-0.3, -0.25) is 4.98 Å². The van der Waals surface area contributed by atoms with Crippen molar-refractivity contribution in [2.24, 2.45) is 0 Å². The summed E-state index contributed by atoms with van der Waals surface area (Å²) in [6.45, 7) is 1.88. The van der Waals surface area contributed by atoms with Gasteiger partial charge in [-0.05, 0) is 19.1 Å². The second-order valence-electron chi connectivity index (χ2n) is 4.06. The zero-order valence-corrected chi connectivity index (χ0v) is 9.54. The largest absolute Gasteiger partial charge is 0.338 e. The Bertz CT molecular complexity index is 678.